The number of phosphoric acid groups is 4. The predicted octanol–water partition coefficient (Wildman–Crippen LogP) is 9.19. The Hall–Kier alpha value is -1.22. The summed E-state index contributed by atoms with van der Waals surface area (Å²) < 4.78 is 82.2. The van der Waals surface area contributed by atoms with Gasteiger partial charge in [-0.2, -0.15) is 0 Å². The number of aliphatic hydroxyl groups excluding tert-OH is 2. The lowest BCUT2D eigenvalue weighted by Crippen LogP contribution is -2.65. The first kappa shape index (κ1) is 67.8. The van der Waals surface area contributed by atoms with Crippen LogP contribution in [0.4, 0.5) is 0 Å². The maximum absolute atomic E-state index is 13.3. The van der Waals surface area contributed by atoms with Crippen molar-refractivity contribution in [3.05, 3.63) is 24.3 Å². The maximum atomic E-state index is 13.3. The van der Waals surface area contributed by atoms with Crippen molar-refractivity contribution in [2.24, 2.45) is 0 Å². The highest BCUT2D eigenvalue weighted by Gasteiger charge is 2.59. The number of rotatable bonds is 44. The smallest absolute Gasteiger partial charge is 0.462 e. The van der Waals surface area contributed by atoms with E-state index in [0.717, 1.165) is 96.3 Å². The maximum Gasteiger partial charge on any atom is 0.472 e. The van der Waals surface area contributed by atoms with Crippen LogP contribution in [-0.2, 0) is 59.9 Å². The molecule has 1 saturated carbocycles. The van der Waals surface area contributed by atoms with Crippen LogP contribution in [0.1, 0.15) is 194 Å². The average Bonchev–Trinajstić information content (AvgIpc) is 3.27. The molecule has 1 rings (SSSR count). The van der Waals surface area contributed by atoms with E-state index >= 15 is 0 Å². The topological polar surface area (TPSA) is 349 Å². The van der Waals surface area contributed by atoms with Gasteiger partial charge in [0.2, 0.25) is 0 Å². The molecule has 1 aliphatic carbocycles. The van der Waals surface area contributed by atoms with E-state index in [0.29, 0.717) is 19.3 Å². The van der Waals surface area contributed by atoms with Crippen LogP contribution in [-0.4, -0.2) is 112 Å². The summed E-state index contributed by atoms with van der Waals surface area (Å²) in [6, 6.07) is 0. The molecule has 6 unspecified atom stereocenters. The van der Waals surface area contributed by atoms with Crippen LogP contribution in [0, 0.1) is 0 Å². The minimum absolute atomic E-state index is 0.0296. The molecular formula is C45H86O22P4. The molecule has 9 N–H and O–H groups in total. The van der Waals surface area contributed by atoms with E-state index in [9.17, 15) is 72.3 Å². The van der Waals surface area contributed by atoms with Gasteiger partial charge in [0.1, 0.15) is 43.2 Å². The molecule has 0 aromatic rings. The number of carbonyl (C=O) groups excluding carboxylic acids is 2. The van der Waals surface area contributed by atoms with Crippen LogP contribution < -0.4 is 0 Å². The lowest BCUT2D eigenvalue weighted by molar-refractivity contribution is -0.209. The van der Waals surface area contributed by atoms with Gasteiger partial charge >= 0.3 is 43.2 Å². The van der Waals surface area contributed by atoms with Crippen molar-refractivity contribution in [3.63, 3.8) is 0 Å². The van der Waals surface area contributed by atoms with Gasteiger partial charge in [-0.25, -0.2) is 18.3 Å². The van der Waals surface area contributed by atoms with E-state index in [2.05, 4.69) is 51.7 Å². The van der Waals surface area contributed by atoms with Crippen molar-refractivity contribution in [1.82, 2.24) is 0 Å². The zero-order valence-corrected chi connectivity index (χ0v) is 45.3. The summed E-state index contributed by atoms with van der Waals surface area (Å²) in [5.41, 5.74) is 0. The number of ether oxygens (including phenoxy) is 2. The van der Waals surface area contributed by atoms with E-state index in [1.54, 1.807) is 0 Å². The Bertz CT molecular complexity index is 1650. The van der Waals surface area contributed by atoms with E-state index < -0.39 is 99.2 Å². The summed E-state index contributed by atoms with van der Waals surface area (Å²) in [4.78, 5) is 92.9. The second kappa shape index (κ2) is 38.3. The molecule has 0 saturated heterocycles. The quantitative estimate of drug-likeness (QED) is 0.0119. The van der Waals surface area contributed by atoms with Crippen LogP contribution in [0.25, 0.3) is 0 Å². The Balaban J connectivity index is 2.88. The molecule has 0 amide bonds. The van der Waals surface area contributed by atoms with Crippen molar-refractivity contribution in [2.75, 3.05) is 13.2 Å². The highest BCUT2D eigenvalue weighted by Crippen LogP contribution is 2.53. The third-order valence-electron chi connectivity index (χ3n) is 11.5. The van der Waals surface area contributed by atoms with Gasteiger partial charge < -0.3 is 53.9 Å². The number of esters is 2. The van der Waals surface area contributed by atoms with Gasteiger partial charge in [-0.15, -0.1) is 0 Å². The molecule has 418 valence electrons. The fourth-order valence-electron chi connectivity index (χ4n) is 7.78. The summed E-state index contributed by atoms with van der Waals surface area (Å²) in [6.07, 6.45) is 18.1. The predicted molar refractivity (Wildman–Crippen MR) is 263 cm³/mol. The summed E-state index contributed by atoms with van der Waals surface area (Å²) in [5, 5.41) is 21.9. The second-order valence-electron chi connectivity index (χ2n) is 18.0. The molecule has 0 bridgehead atoms. The van der Waals surface area contributed by atoms with E-state index in [1.165, 1.54) is 51.4 Å². The van der Waals surface area contributed by atoms with Crippen LogP contribution in [0.5, 0.6) is 0 Å². The number of carbonyl (C=O) groups is 2. The van der Waals surface area contributed by atoms with Crippen molar-refractivity contribution in [3.8, 4) is 0 Å². The van der Waals surface area contributed by atoms with E-state index in [1.807, 2.05) is 0 Å². The minimum atomic E-state index is -5.79. The first-order valence-electron chi connectivity index (χ1n) is 25.4. The zero-order chi connectivity index (χ0) is 53.2. The summed E-state index contributed by atoms with van der Waals surface area (Å²) in [6.45, 7) is 2.74. The molecule has 0 spiro atoms. The zero-order valence-electron chi connectivity index (χ0n) is 41.7. The first-order chi connectivity index (χ1) is 33.5. The molecule has 0 aliphatic heterocycles. The second-order valence-corrected chi connectivity index (χ2v) is 22.9. The molecular weight excluding hydrogens is 1020 g/mol. The number of hydrogen-bond donors (Lipinski definition) is 9. The molecule has 0 radical (unpaired) electrons. The van der Waals surface area contributed by atoms with Crippen LogP contribution in [0.3, 0.4) is 0 Å². The van der Waals surface area contributed by atoms with Gasteiger partial charge in [-0.3, -0.25) is 32.2 Å². The molecule has 71 heavy (non-hydrogen) atoms. The average molecular weight is 1100 g/mol. The van der Waals surface area contributed by atoms with Crippen molar-refractivity contribution < 1.29 is 104 Å². The fraction of sp³-hybridized carbons (Fsp3) is 0.867. The van der Waals surface area contributed by atoms with Crippen molar-refractivity contribution in [2.45, 2.75) is 236 Å². The van der Waals surface area contributed by atoms with Crippen LogP contribution >= 0.6 is 31.3 Å². The molecule has 1 aliphatic rings. The molecule has 22 nitrogen and oxygen atoms in total. The number of unbranched alkanes of at least 4 members (excludes halogenated alkanes) is 22. The van der Waals surface area contributed by atoms with Crippen molar-refractivity contribution in [1.29, 1.82) is 0 Å². The lowest BCUT2D eigenvalue weighted by atomic mass is 9.85. The highest BCUT2D eigenvalue weighted by atomic mass is 31.2. The molecule has 0 heterocycles. The summed E-state index contributed by atoms with van der Waals surface area (Å²) >= 11 is 0. The SMILES string of the molecule is CCCCCCC=CCCCCCCCCCC(=O)OCC(COP(=O)(O)OC1C(O)C(OP(=O)(O)O)C(OP(=O)(O)O)C(OP(=O)(O)O)C1O)OC(=O)CCCCCCCCCC=CCCCCCC. The van der Waals surface area contributed by atoms with Crippen molar-refractivity contribution >= 4 is 43.2 Å². The largest absolute Gasteiger partial charge is 0.472 e. The summed E-state index contributed by atoms with van der Waals surface area (Å²) in [5.74, 6) is -1.41. The molecule has 0 aromatic carbocycles. The number of aliphatic hydroxyl groups is 2. The highest BCUT2D eigenvalue weighted by molar-refractivity contribution is 7.47. The van der Waals surface area contributed by atoms with Gasteiger partial charge in [-0.1, -0.05) is 141 Å². The summed E-state index contributed by atoms with van der Waals surface area (Å²) in [7, 11) is -23.0. The lowest BCUT2D eigenvalue weighted by Gasteiger charge is -2.45. The Morgan fingerprint density at radius 2 is 0.775 bits per heavy atom. The van der Waals surface area contributed by atoms with Gasteiger partial charge in [0.25, 0.3) is 0 Å². The Morgan fingerprint density at radius 1 is 0.437 bits per heavy atom. The molecule has 26 heteroatoms. The Labute approximate surface area is 420 Å². The van der Waals surface area contributed by atoms with Gasteiger partial charge in [0.15, 0.2) is 6.10 Å². The molecule has 0 aromatic heterocycles. The van der Waals surface area contributed by atoms with E-state index in [-0.39, 0.29) is 12.8 Å². The standard InChI is InChI=1S/C45H86O22P4/c1-3-5-7-9-11-13-15-17-19-21-23-25-27-29-31-33-38(46)61-35-37(63-39(47)34-32-30-28-26-24-22-20-18-16-14-12-10-8-6-4-2)36-62-71(59,60)67-42-40(48)43(64-68(50,51)52)45(66-70(56,57)58)44(41(42)49)65-69(53,54)55/h13-16,37,40-45,48-49H,3-12,17-36H2,1-2H3,(H,59,60)(H2,50,51,52)(H2,53,54,55)(H2,56,57,58). The van der Waals surface area contributed by atoms with Gasteiger partial charge in [-0.05, 0) is 64.2 Å². The van der Waals surface area contributed by atoms with Gasteiger partial charge in [0, 0.05) is 12.8 Å². The van der Waals surface area contributed by atoms with Crippen LogP contribution in [0.15, 0.2) is 24.3 Å². The van der Waals surface area contributed by atoms with Gasteiger partial charge in [0.05, 0.1) is 6.61 Å². The Morgan fingerprint density at radius 3 is 1.15 bits per heavy atom. The normalized spacial score (nSPS) is 21.5. The number of phosphoric ester groups is 4. The Kier molecular flexibility index (Phi) is 36.6. The third-order valence-corrected chi connectivity index (χ3v) is 14.0. The third kappa shape index (κ3) is 36.4. The monoisotopic (exact) mass is 1100 g/mol. The molecule has 1 fully saturated rings. The minimum Gasteiger partial charge on any atom is -0.462 e. The number of allylic oxidation sites excluding steroid dienone is 4. The number of hydrogen-bond acceptors (Lipinski definition) is 15. The fourth-order valence-corrected chi connectivity index (χ4v) is 10.4. The van der Waals surface area contributed by atoms with E-state index in [4.69, 9.17) is 18.5 Å². The molecule has 6 atom stereocenters. The first-order valence-corrected chi connectivity index (χ1v) is 31.5. The van der Waals surface area contributed by atoms with Crippen LogP contribution in [0.2, 0.25) is 0 Å².